The molecule has 1 N–H and O–H groups in total. The van der Waals surface area contributed by atoms with Crippen LogP contribution in [-0.4, -0.2) is 50.2 Å². The summed E-state index contributed by atoms with van der Waals surface area (Å²) >= 11 is 0. The molecule has 134 valence electrons. The number of nitrogens with one attached hydrogen (secondary N) is 1. The highest BCUT2D eigenvalue weighted by molar-refractivity contribution is 5.93. The van der Waals surface area contributed by atoms with Crippen molar-refractivity contribution < 1.29 is 9.21 Å². The predicted octanol–water partition coefficient (Wildman–Crippen LogP) is 1.82. The quantitative estimate of drug-likeness (QED) is 0.728. The van der Waals surface area contributed by atoms with Gasteiger partial charge in [-0.25, -0.2) is 4.98 Å². The summed E-state index contributed by atoms with van der Waals surface area (Å²) in [6.45, 7) is 2.55. The van der Waals surface area contributed by atoms with Crippen molar-refractivity contribution in [2.75, 3.05) is 19.6 Å². The minimum atomic E-state index is -0.149. The van der Waals surface area contributed by atoms with Crippen LogP contribution in [0.1, 0.15) is 35.0 Å². The standard InChI is InChI=1S/C18H20N6O2/c25-18(14-5-6-17(19-10-14)24-12-21-22-13-24)20-11-15(16-4-3-9-26-16)23-7-1-2-8-23/h3-6,9-10,12-13,15H,1-2,7-8,11H2,(H,20,25)/t15-/m1/s1. The number of likely N-dealkylation sites (tertiary alicyclic amines) is 1. The summed E-state index contributed by atoms with van der Waals surface area (Å²) in [6, 6.07) is 7.41. The predicted molar refractivity (Wildman–Crippen MR) is 93.7 cm³/mol. The summed E-state index contributed by atoms with van der Waals surface area (Å²) in [6.07, 6.45) is 8.72. The number of furan rings is 1. The summed E-state index contributed by atoms with van der Waals surface area (Å²) in [4.78, 5) is 19.1. The van der Waals surface area contributed by atoms with E-state index >= 15 is 0 Å². The Morgan fingerprint density at radius 1 is 1.19 bits per heavy atom. The van der Waals surface area contributed by atoms with Gasteiger partial charge >= 0.3 is 0 Å². The molecule has 8 nitrogen and oxygen atoms in total. The third-order valence-corrected chi connectivity index (χ3v) is 4.60. The molecule has 1 amide bonds. The lowest BCUT2D eigenvalue weighted by Gasteiger charge is -2.26. The SMILES string of the molecule is O=C(NC[C@H](c1ccco1)N1CCCC1)c1ccc(-n2cnnc2)nc1. The van der Waals surface area contributed by atoms with E-state index in [4.69, 9.17) is 4.42 Å². The summed E-state index contributed by atoms with van der Waals surface area (Å²) < 4.78 is 7.27. The molecule has 1 aliphatic rings. The van der Waals surface area contributed by atoms with Crippen LogP contribution in [0.3, 0.4) is 0 Å². The zero-order valence-electron chi connectivity index (χ0n) is 14.3. The fraction of sp³-hybridized carbons (Fsp3) is 0.333. The van der Waals surface area contributed by atoms with E-state index in [0.717, 1.165) is 18.8 Å². The Morgan fingerprint density at radius 3 is 2.65 bits per heavy atom. The van der Waals surface area contributed by atoms with E-state index in [1.807, 2.05) is 12.1 Å². The van der Waals surface area contributed by atoms with E-state index in [1.165, 1.54) is 12.8 Å². The monoisotopic (exact) mass is 352 g/mol. The fourth-order valence-electron chi connectivity index (χ4n) is 3.23. The Bertz CT molecular complexity index is 823. The first-order chi connectivity index (χ1) is 12.8. The summed E-state index contributed by atoms with van der Waals surface area (Å²) in [5.74, 6) is 1.40. The van der Waals surface area contributed by atoms with Gasteiger partial charge in [0.15, 0.2) is 0 Å². The molecule has 4 rings (SSSR count). The summed E-state index contributed by atoms with van der Waals surface area (Å²) in [5.41, 5.74) is 0.515. The highest BCUT2D eigenvalue weighted by Gasteiger charge is 2.26. The van der Waals surface area contributed by atoms with Crippen molar-refractivity contribution in [1.29, 1.82) is 0 Å². The number of carbonyl (C=O) groups is 1. The van der Waals surface area contributed by atoms with Gasteiger partial charge in [0.25, 0.3) is 5.91 Å². The third kappa shape index (κ3) is 3.50. The maximum absolute atomic E-state index is 12.5. The minimum Gasteiger partial charge on any atom is -0.468 e. The molecule has 1 saturated heterocycles. The molecule has 0 aliphatic carbocycles. The van der Waals surface area contributed by atoms with Gasteiger partial charge in [0, 0.05) is 12.7 Å². The molecule has 26 heavy (non-hydrogen) atoms. The zero-order chi connectivity index (χ0) is 17.8. The van der Waals surface area contributed by atoms with Gasteiger partial charge < -0.3 is 9.73 Å². The van der Waals surface area contributed by atoms with Crippen LogP contribution < -0.4 is 5.32 Å². The number of hydrogen-bond acceptors (Lipinski definition) is 6. The van der Waals surface area contributed by atoms with Crippen LogP contribution in [0.5, 0.6) is 0 Å². The molecule has 1 atom stereocenters. The minimum absolute atomic E-state index is 0.0562. The average Bonchev–Trinajstić information content (AvgIpc) is 3.45. The molecular weight excluding hydrogens is 332 g/mol. The number of aromatic nitrogens is 4. The van der Waals surface area contributed by atoms with Crippen LogP contribution in [0, 0.1) is 0 Å². The van der Waals surface area contributed by atoms with Gasteiger partial charge in [-0.2, -0.15) is 0 Å². The van der Waals surface area contributed by atoms with Gasteiger partial charge in [0.2, 0.25) is 0 Å². The largest absolute Gasteiger partial charge is 0.468 e. The second-order valence-electron chi connectivity index (χ2n) is 6.26. The molecule has 0 bridgehead atoms. The van der Waals surface area contributed by atoms with Gasteiger partial charge in [0.1, 0.15) is 24.2 Å². The van der Waals surface area contributed by atoms with Crippen LogP contribution in [0.2, 0.25) is 0 Å². The second kappa shape index (κ2) is 7.49. The molecule has 0 radical (unpaired) electrons. The highest BCUT2D eigenvalue weighted by atomic mass is 16.3. The van der Waals surface area contributed by atoms with Crippen LogP contribution in [0.15, 0.2) is 53.8 Å². The first kappa shape index (κ1) is 16.5. The van der Waals surface area contributed by atoms with Crippen molar-refractivity contribution in [3.8, 4) is 5.82 Å². The topological polar surface area (TPSA) is 89.1 Å². The Kier molecular flexibility index (Phi) is 4.74. The van der Waals surface area contributed by atoms with Crippen molar-refractivity contribution in [3.63, 3.8) is 0 Å². The Hall–Kier alpha value is -3.00. The molecule has 8 heteroatoms. The molecule has 0 unspecified atom stereocenters. The molecular formula is C18H20N6O2. The van der Waals surface area contributed by atoms with Crippen molar-refractivity contribution >= 4 is 5.91 Å². The first-order valence-corrected chi connectivity index (χ1v) is 8.68. The van der Waals surface area contributed by atoms with E-state index in [-0.39, 0.29) is 11.9 Å². The maximum atomic E-state index is 12.5. The first-order valence-electron chi connectivity index (χ1n) is 8.68. The Morgan fingerprint density at radius 2 is 2.00 bits per heavy atom. The van der Waals surface area contributed by atoms with Crippen molar-refractivity contribution in [3.05, 3.63) is 60.7 Å². The number of carbonyl (C=O) groups excluding carboxylic acids is 1. The average molecular weight is 352 g/mol. The number of rotatable bonds is 6. The second-order valence-corrected chi connectivity index (χ2v) is 6.26. The lowest BCUT2D eigenvalue weighted by molar-refractivity contribution is 0.0933. The highest BCUT2D eigenvalue weighted by Crippen LogP contribution is 2.25. The van der Waals surface area contributed by atoms with Crippen molar-refractivity contribution in [2.45, 2.75) is 18.9 Å². The zero-order valence-corrected chi connectivity index (χ0v) is 14.3. The van der Waals surface area contributed by atoms with Gasteiger partial charge in [-0.1, -0.05) is 0 Å². The number of hydrogen-bond donors (Lipinski definition) is 1. The molecule has 3 aromatic heterocycles. The van der Waals surface area contributed by atoms with Crippen molar-refractivity contribution in [1.82, 2.24) is 30.0 Å². The molecule has 1 aliphatic heterocycles. The van der Waals surface area contributed by atoms with E-state index in [9.17, 15) is 4.79 Å². The summed E-state index contributed by atoms with van der Waals surface area (Å²) in [5, 5.41) is 10.5. The number of nitrogens with zero attached hydrogens (tertiary/aromatic N) is 5. The smallest absolute Gasteiger partial charge is 0.252 e. The molecule has 1 fully saturated rings. The van der Waals surface area contributed by atoms with Gasteiger partial charge in [0.05, 0.1) is 17.9 Å². The molecule has 0 spiro atoms. The maximum Gasteiger partial charge on any atom is 0.252 e. The van der Waals surface area contributed by atoms with E-state index in [1.54, 1.807) is 41.8 Å². The molecule has 4 heterocycles. The van der Waals surface area contributed by atoms with E-state index in [2.05, 4.69) is 25.4 Å². The Labute approximate surface area is 150 Å². The lowest BCUT2D eigenvalue weighted by atomic mass is 10.2. The van der Waals surface area contributed by atoms with Gasteiger partial charge in [-0.3, -0.25) is 14.3 Å². The van der Waals surface area contributed by atoms with Crippen molar-refractivity contribution in [2.24, 2.45) is 0 Å². The Balaban J connectivity index is 1.42. The molecule has 0 aromatic carbocycles. The van der Waals surface area contributed by atoms with Gasteiger partial charge in [-0.05, 0) is 50.2 Å². The number of amides is 1. The van der Waals surface area contributed by atoms with E-state index < -0.39 is 0 Å². The third-order valence-electron chi connectivity index (χ3n) is 4.60. The van der Waals surface area contributed by atoms with E-state index in [0.29, 0.717) is 17.9 Å². The molecule has 3 aromatic rings. The normalized spacial score (nSPS) is 15.8. The van der Waals surface area contributed by atoms with Crippen LogP contribution >= 0.6 is 0 Å². The summed E-state index contributed by atoms with van der Waals surface area (Å²) in [7, 11) is 0. The molecule has 0 saturated carbocycles. The van der Waals surface area contributed by atoms with Crippen LogP contribution in [-0.2, 0) is 0 Å². The van der Waals surface area contributed by atoms with Crippen LogP contribution in [0.4, 0.5) is 0 Å². The lowest BCUT2D eigenvalue weighted by Crippen LogP contribution is -2.36. The van der Waals surface area contributed by atoms with Gasteiger partial charge in [-0.15, -0.1) is 10.2 Å². The number of pyridine rings is 1. The fourth-order valence-corrected chi connectivity index (χ4v) is 3.23. The van der Waals surface area contributed by atoms with Crippen LogP contribution in [0.25, 0.3) is 5.82 Å².